The molecular formula is C18H20FN5O2S2. The van der Waals surface area contributed by atoms with Crippen molar-refractivity contribution in [2.24, 2.45) is 4.99 Å². The van der Waals surface area contributed by atoms with Gasteiger partial charge in [0, 0.05) is 12.3 Å². The summed E-state index contributed by atoms with van der Waals surface area (Å²) in [4.78, 5) is 16.3. The Morgan fingerprint density at radius 1 is 1.50 bits per heavy atom. The predicted octanol–water partition coefficient (Wildman–Crippen LogP) is 3.05. The van der Waals surface area contributed by atoms with E-state index in [0.717, 1.165) is 12.3 Å². The van der Waals surface area contributed by atoms with E-state index in [2.05, 4.69) is 27.1 Å². The summed E-state index contributed by atoms with van der Waals surface area (Å²) < 4.78 is 21.4. The highest BCUT2D eigenvalue weighted by Crippen LogP contribution is 2.26. The Hall–Kier alpha value is -2.33. The smallest absolute Gasteiger partial charge is 0.236 e. The van der Waals surface area contributed by atoms with E-state index >= 15 is 0 Å². The van der Waals surface area contributed by atoms with Gasteiger partial charge in [-0.2, -0.15) is 0 Å². The summed E-state index contributed by atoms with van der Waals surface area (Å²) in [7, 11) is 0. The lowest BCUT2D eigenvalue weighted by Crippen LogP contribution is -2.29. The Kier molecular flexibility index (Phi) is 7.10. The average molecular weight is 422 g/mol. The highest BCUT2D eigenvalue weighted by Gasteiger charge is 2.21. The van der Waals surface area contributed by atoms with Crippen molar-refractivity contribution in [2.45, 2.75) is 24.7 Å². The number of ether oxygens (including phenoxy) is 1. The van der Waals surface area contributed by atoms with Crippen LogP contribution in [0, 0.1) is 5.82 Å². The van der Waals surface area contributed by atoms with Gasteiger partial charge in [-0.1, -0.05) is 41.7 Å². The normalized spacial score (nSPS) is 14.4. The Balaban J connectivity index is 1.67. The van der Waals surface area contributed by atoms with E-state index in [9.17, 15) is 9.18 Å². The van der Waals surface area contributed by atoms with Crippen LogP contribution in [0.2, 0.25) is 0 Å². The second-order valence-corrected chi connectivity index (χ2v) is 7.83. The largest absolute Gasteiger partial charge is 0.480 e. The average Bonchev–Trinajstić information content (AvgIpc) is 3.32. The minimum absolute atomic E-state index is 0.145. The third-order valence-electron chi connectivity index (χ3n) is 3.73. The molecule has 1 aliphatic rings. The minimum Gasteiger partial charge on any atom is -0.480 e. The maximum absolute atomic E-state index is 13.9. The maximum atomic E-state index is 13.9. The molecule has 0 radical (unpaired) electrons. The standard InChI is InChI=1S/C18H20FN5O2S2/c1-3-9-24-16(12(2)26-14-7-5-4-6-13(14)19)22-23-18(24)28-11-15(25)21-17-20-8-10-27-17/h3-7,12H,1,8-11H2,2H3,(H,20,21,25). The van der Waals surface area contributed by atoms with Gasteiger partial charge in [-0.15, -0.1) is 16.8 Å². The topological polar surface area (TPSA) is 81.4 Å². The molecule has 1 unspecified atom stereocenters. The van der Waals surface area contributed by atoms with Crippen LogP contribution in [0.5, 0.6) is 5.75 Å². The number of carbonyl (C=O) groups is 1. The molecule has 0 saturated carbocycles. The van der Waals surface area contributed by atoms with Crippen LogP contribution in [-0.2, 0) is 11.3 Å². The first-order valence-corrected chi connectivity index (χ1v) is 10.6. The monoisotopic (exact) mass is 421 g/mol. The summed E-state index contributed by atoms with van der Waals surface area (Å²) in [6.45, 7) is 6.70. The fourth-order valence-electron chi connectivity index (χ4n) is 2.49. The van der Waals surface area contributed by atoms with Gasteiger partial charge in [0.15, 0.2) is 33.8 Å². The molecule has 2 aromatic rings. The van der Waals surface area contributed by atoms with Gasteiger partial charge in [0.05, 0.1) is 12.3 Å². The highest BCUT2D eigenvalue weighted by molar-refractivity contribution is 8.14. The van der Waals surface area contributed by atoms with Gasteiger partial charge in [-0.3, -0.25) is 14.4 Å². The Labute approximate surface area is 170 Å². The van der Waals surface area contributed by atoms with E-state index < -0.39 is 11.9 Å². The zero-order valence-corrected chi connectivity index (χ0v) is 16.9. The molecule has 3 rings (SSSR count). The number of para-hydroxylation sites is 1. The number of aromatic nitrogens is 3. The summed E-state index contributed by atoms with van der Waals surface area (Å²) in [6, 6.07) is 6.20. The summed E-state index contributed by atoms with van der Waals surface area (Å²) in [5.41, 5.74) is 0. The lowest BCUT2D eigenvalue weighted by Gasteiger charge is -2.16. The molecule has 0 fully saturated rings. The van der Waals surface area contributed by atoms with Crippen molar-refractivity contribution in [3.63, 3.8) is 0 Å². The van der Waals surface area contributed by atoms with Gasteiger partial charge in [0.1, 0.15) is 0 Å². The van der Waals surface area contributed by atoms with Gasteiger partial charge in [-0.25, -0.2) is 4.39 Å². The number of amides is 1. The molecular weight excluding hydrogens is 401 g/mol. The third-order valence-corrected chi connectivity index (χ3v) is 5.58. The van der Waals surface area contributed by atoms with Gasteiger partial charge in [0.2, 0.25) is 5.91 Å². The number of rotatable bonds is 8. The number of thioether (sulfide) groups is 2. The van der Waals surface area contributed by atoms with Crippen LogP contribution in [0.1, 0.15) is 18.9 Å². The summed E-state index contributed by atoms with van der Waals surface area (Å²) in [5, 5.41) is 12.3. The number of aliphatic imine (C=N–C) groups is 1. The Morgan fingerprint density at radius 3 is 3.04 bits per heavy atom. The molecule has 1 amide bonds. The fraction of sp³-hybridized carbons (Fsp3) is 0.333. The molecule has 1 atom stereocenters. The summed E-state index contributed by atoms with van der Waals surface area (Å²) in [6.07, 6.45) is 1.17. The van der Waals surface area contributed by atoms with Crippen molar-refractivity contribution in [3.8, 4) is 5.75 Å². The second-order valence-electron chi connectivity index (χ2n) is 5.80. The van der Waals surface area contributed by atoms with Crippen LogP contribution >= 0.6 is 23.5 Å². The van der Waals surface area contributed by atoms with Crippen LogP contribution in [0.3, 0.4) is 0 Å². The minimum atomic E-state index is -0.531. The van der Waals surface area contributed by atoms with E-state index in [4.69, 9.17) is 4.74 Å². The van der Waals surface area contributed by atoms with E-state index in [1.54, 1.807) is 35.8 Å². The van der Waals surface area contributed by atoms with Crippen LogP contribution in [0.15, 0.2) is 47.1 Å². The molecule has 148 valence electrons. The number of nitrogens with zero attached hydrogens (tertiary/aromatic N) is 4. The van der Waals surface area contributed by atoms with E-state index in [1.165, 1.54) is 29.6 Å². The van der Waals surface area contributed by atoms with Gasteiger partial charge < -0.3 is 10.1 Å². The van der Waals surface area contributed by atoms with Crippen LogP contribution in [-0.4, -0.2) is 43.9 Å². The van der Waals surface area contributed by atoms with Crippen molar-refractivity contribution in [1.29, 1.82) is 0 Å². The molecule has 0 spiro atoms. The first-order valence-electron chi connectivity index (χ1n) is 8.63. The Morgan fingerprint density at radius 2 is 2.32 bits per heavy atom. The molecule has 7 nitrogen and oxygen atoms in total. The molecule has 1 aliphatic heterocycles. The second kappa shape index (κ2) is 9.74. The zero-order valence-electron chi connectivity index (χ0n) is 15.3. The van der Waals surface area contributed by atoms with E-state index in [1.807, 2.05) is 0 Å². The number of hydrogen-bond acceptors (Lipinski definition) is 7. The first kappa shape index (κ1) is 20.4. The molecule has 1 aromatic heterocycles. The quantitative estimate of drug-likeness (QED) is 0.521. The van der Waals surface area contributed by atoms with Crippen molar-refractivity contribution in [2.75, 3.05) is 18.1 Å². The van der Waals surface area contributed by atoms with Crippen LogP contribution in [0.4, 0.5) is 4.39 Å². The van der Waals surface area contributed by atoms with Gasteiger partial charge in [-0.05, 0) is 19.1 Å². The Bertz CT molecular complexity index is 887. The predicted molar refractivity (Wildman–Crippen MR) is 109 cm³/mol. The van der Waals surface area contributed by atoms with Gasteiger partial charge >= 0.3 is 0 Å². The SMILES string of the molecule is C=CCn1c(SCC(=O)NC2=NCCS2)nnc1C(C)Oc1ccccc1F. The number of hydrogen-bond donors (Lipinski definition) is 1. The summed E-state index contributed by atoms with van der Waals surface area (Å²) in [5.74, 6) is 1.15. The number of benzene rings is 1. The first-order chi connectivity index (χ1) is 13.6. The molecule has 0 bridgehead atoms. The van der Waals surface area contributed by atoms with Crippen molar-refractivity contribution in [1.82, 2.24) is 20.1 Å². The number of allylic oxidation sites excluding steroid dienone is 1. The lowest BCUT2D eigenvalue weighted by atomic mass is 10.3. The number of amidine groups is 1. The van der Waals surface area contributed by atoms with Crippen molar-refractivity contribution < 1.29 is 13.9 Å². The number of nitrogens with one attached hydrogen (secondary N) is 1. The molecule has 10 heteroatoms. The summed E-state index contributed by atoms with van der Waals surface area (Å²) >= 11 is 2.79. The number of carbonyl (C=O) groups excluding carboxylic acids is 1. The molecule has 2 heterocycles. The molecule has 0 saturated heterocycles. The molecule has 1 N–H and O–H groups in total. The fourth-order valence-corrected chi connectivity index (χ4v) is 3.99. The number of halogens is 1. The van der Waals surface area contributed by atoms with Crippen molar-refractivity contribution in [3.05, 3.63) is 48.6 Å². The zero-order chi connectivity index (χ0) is 19.9. The van der Waals surface area contributed by atoms with Gasteiger partial charge in [0.25, 0.3) is 0 Å². The molecule has 1 aromatic carbocycles. The van der Waals surface area contributed by atoms with Crippen LogP contribution in [0.25, 0.3) is 0 Å². The molecule has 0 aliphatic carbocycles. The van der Waals surface area contributed by atoms with E-state index in [-0.39, 0.29) is 17.4 Å². The van der Waals surface area contributed by atoms with Crippen molar-refractivity contribution >= 4 is 34.6 Å². The maximum Gasteiger partial charge on any atom is 0.236 e. The highest BCUT2D eigenvalue weighted by atomic mass is 32.2. The van der Waals surface area contributed by atoms with E-state index in [0.29, 0.717) is 22.7 Å². The lowest BCUT2D eigenvalue weighted by molar-refractivity contribution is -0.117. The molecule has 28 heavy (non-hydrogen) atoms. The van der Waals surface area contributed by atoms with Crippen LogP contribution < -0.4 is 10.1 Å². The third kappa shape index (κ3) is 5.14.